The normalized spacial score (nSPS) is 20.5. The van der Waals surface area contributed by atoms with Crippen LogP contribution in [0.3, 0.4) is 0 Å². The first-order valence-electron chi connectivity index (χ1n) is 10.8. The van der Waals surface area contributed by atoms with Crippen molar-refractivity contribution >= 4 is 16.9 Å². The van der Waals surface area contributed by atoms with E-state index >= 15 is 0 Å². The molecule has 7 nitrogen and oxygen atoms in total. The number of nitrogens with one attached hydrogen (secondary N) is 1. The highest BCUT2D eigenvalue weighted by Gasteiger charge is 2.30. The van der Waals surface area contributed by atoms with Crippen LogP contribution in [-0.2, 0) is 10.3 Å². The van der Waals surface area contributed by atoms with Gasteiger partial charge in [0.25, 0.3) is 0 Å². The van der Waals surface area contributed by atoms with Crippen molar-refractivity contribution in [2.75, 3.05) is 6.54 Å². The van der Waals surface area contributed by atoms with E-state index < -0.39 is 0 Å². The summed E-state index contributed by atoms with van der Waals surface area (Å²) >= 11 is 0. The van der Waals surface area contributed by atoms with Gasteiger partial charge in [0, 0.05) is 36.7 Å². The highest BCUT2D eigenvalue weighted by Crippen LogP contribution is 2.41. The lowest BCUT2D eigenvalue weighted by Crippen LogP contribution is -2.25. The molecule has 1 aliphatic heterocycles. The van der Waals surface area contributed by atoms with E-state index in [0.717, 1.165) is 27.9 Å². The average molecular weight is 408 g/mol. The molecule has 1 unspecified atom stereocenters. The highest BCUT2D eigenvalue weighted by atomic mass is 16.5. The van der Waals surface area contributed by atoms with Gasteiger partial charge in [-0.1, -0.05) is 0 Å². The van der Waals surface area contributed by atoms with Gasteiger partial charge in [-0.3, -0.25) is 9.48 Å². The maximum absolute atomic E-state index is 11.7. The maximum Gasteiger partial charge on any atom is 0.220 e. The largest absolute Gasteiger partial charge is 0.488 e. The van der Waals surface area contributed by atoms with Crippen molar-refractivity contribution in [1.29, 1.82) is 0 Å². The van der Waals surface area contributed by atoms with Gasteiger partial charge in [-0.2, -0.15) is 5.10 Å². The molecule has 2 fully saturated rings. The van der Waals surface area contributed by atoms with Crippen molar-refractivity contribution in [3.63, 3.8) is 0 Å². The summed E-state index contributed by atoms with van der Waals surface area (Å²) in [6.07, 6.45) is 8.72. The molecule has 1 saturated heterocycles. The highest BCUT2D eigenvalue weighted by molar-refractivity contribution is 5.88. The number of ether oxygens (including phenoxy) is 1. The molecule has 0 radical (unpaired) electrons. The summed E-state index contributed by atoms with van der Waals surface area (Å²) in [5.74, 6) is 1.12. The van der Waals surface area contributed by atoms with Gasteiger partial charge in [-0.15, -0.1) is 0 Å². The molecule has 1 amide bonds. The zero-order chi connectivity index (χ0) is 21.0. The first kappa shape index (κ1) is 19.2. The smallest absolute Gasteiger partial charge is 0.220 e. The summed E-state index contributed by atoms with van der Waals surface area (Å²) in [4.78, 5) is 16.4. The molecule has 1 N–H and O–H groups in total. The SMILES string of the molecule is C[C@@H](Oc1cc(-c2cnn(C(C)(C)C)c2)cc2ncn(C3CC3)c12)C1CNC(=O)C1. The summed E-state index contributed by atoms with van der Waals surface area (Å²) in [6.45, 7) is 9.13. The number of hydrogen-bond acceptors (Lipinski definition) is 4. The summed E-state index contributed by atoms with van der Waals surface area (Å²) in [5, 5.41) is 7.47. The number of carbonyl (C=O) groups is 1. The molecule has 2 aliphatic rings. The van der Waals surface area contributed by atoms with Crippen molar-refractivity contribution in [2.24, 2.45) is 5.92 Å². The quantitative estimate of drug-likeness (QED) is 0.696. The zero-order valence-electron chi connectivity index (χ0n) is 18.1. The predicted molar refractivity (Wildman–Crippen MR) is 115 cm³/mol. The lowest BCUT2D eigenvalue weighted by molar-refractivity contribution is -0.119. The van der Waals surface area contributed by atoms with Crippen LogP contribution in [-0.4, -0.2) is 37.9 Å². The molecule has 2 atom stereocenters. The Morgan fingerprint density at radius 1 is 1.23 bits per heavy atom. The van der Waals surface area contributed by atoms with E-state index in [4.69, 9.17) is 4.74 Å². The minimum absolute atomic E-state index is 0.0674. The number of nitrogens with zero attached hydrogens (tertiary/aromatic N) is 4. The van der Waals surface area contributed by atoms with Gasteiger partial charge in [0.1, 0.15) is 17.4 Å². The second-order valence-corrected chi connectivity index (χ2v) is 9.66. The van der Waals surface area contributed by atoms with Gasteiger partial charge in [-0.05, 0) is 58.2 Å². The summed E-state index contributed by atoms with van der Waals surface area (Å²) in [5.41, 5.74) is 4.00. The number of rotatable bonds is 5. The molecular formula is C23H29N5O2. The van der Waals surface area contributed by atoms with E-state index in [1.54, 1.807) is 0 Å². The Bertz CT molecular complexity index is 1100. The van der Waals surface area contributed by atoms with E-state index in [0.29, 0.717) is 19.0 Å². The van der Waals surface area contributed by atoms with Crippen molar-refractivity contribution in [3.8, 4) is 16.9 Å². The van der Waals surface area contributed by atoms with E-state index in [-0.39, 0.29) is 23.5 Å². The standard InChI is InChI=1S/C23H29N5O2/c1-14(16-9-21(29)24-10-16)30-20-8-15(17-11-26-28(12-17)23(2,3)4)7-19-22(20)27(13-25-19)18-5-6-18/h7-8,11-14,16,18H,5-6,9-10H2,1-4H3,(H,24,29)/t14-,16?/m1/s1. The van der Waals surface area contributed by atoms with Crippen LogP contribution < -0.4 is 10.1 Å². The lowest BCUT2D eigenvalue weighted by atomic mass is 10.0. The monoisotopic (exact) mass is 407 g/mol. The minimum atomic E-state index is -0.0776. The minimum Gasteiger partial charge on any atom is -0.488 e. The van der Waals surface area contributed by atoms with Gasteiger partial charge < -0.3 is 14.6 Å². The van der Waals surface area contributed by atoms with Crippen LogP contribution in [0.4, 0.5) is 0 Å². The van der Waals surface area contributed by atoms with Crippen LogP contribution >= 0.6 is 0 Å². The third kappa shape index (κ3) is 3.46. The second-order valence-electron chi connectivity index (χ2n) is 9.66. The van der Waals surface area contributed by atoms with Gasteiger partial charge >= 0.3 is 0 Å². The van der Waals surface area contributed by atoms with Crippen LogP contribution in [0.15, 0.2) is 30.9 Å². The Balaban J connectivity index is 1.55. The third-order valence-corrected chi connectivity index (χ3v) is 6.16. The summed E-state index contributed by atoms with van der Waals surface area (Å²) < 4.78 is 10.7. The molecule has 1 aromatic carbocycles. The van der Waals surface area contributed by atoms with Gasteiger partial charge in [0.2, 0.25) is 5.91 Å². The maximum atomic E-state index is 11.7. The Labute approximate surface area is 176 Å². The molecule has 5 rings (SSSR count). The van der Waals surface area contributed by atoms with Crippen molar-refractivity contribution in [3.05, 3.63) is 30.9 Å². The summed E-state index contributed by atoms with van der Waals surface area (Å²) in [7, 11) is 0. The molecule has 3 heterocycles. The van der Waals surface area contributed by atoms with Gasteiger partial charge in [0.05, 0.1) is 23.6 Å². The van der Waals surface area contributed by atoms with Crippen LogP contribution in [0, 0.1) is 5.92 Å². The molecule has 0 spiro atoms. The number of carbonyl (C=O) groups excluding carboxylic acids is 1. The molecule has 7 heteroatoms. The molecule has 1 aliphatic carbocycles. The number of hydrogen-bond donors (Lipinski definition) is 1. The Morgan fingerprint density at radius 3 is 2.67 bits per heavy atom. The fourth-order valence-corrected chi connectivity index (χ4v) is 4.11. The Kier molecular flexibility index (Phi) is 4.38. The van der Waals surface area contributed by atoms with Crippen LogP contribution in [0.5, 0.6) is 5.75 Å². The average Bonchev–Trinajstić information content (AvgIpc) is 3.10. The van der Waals surface area contributed by atoms with E-state index in [1.807, 2.05) is 17.2 Å². The zero-order valence-corrected chi connectivity index (χ0v) is 18.1. The van der Waals surface area contributed by atoms with Crippen LogP contribution in [0.2, 0.25) is 0 Å². The number of aromatic nitrogens is 4. The molecule has 2 aromatic heterocycles. The topological polar surface area (TPSA) is 74.0 Å². The van der Waals surface area contributed by atoms with Crippen molar-refractivity contribution in [1.82, 2.24) is 24.6 Å². The molecule has 0 bridgehead atoms. The first-order valence-corrected chi connectivity index (χ1v) is 10.8. The molecule has 1 saturated carbocycles. The van der Waals surface area contributed by atoms with Crippen molar-refractivity contribution < 1.29 is 9.53 Å². The van der Waals surface area contributed by atoms with Crippen LogP contribution in [0.1, 0.15) is 53.0 Å². The fourth-order valence-electron chi connectivity index (χ4n) is 4.11. The van der Waals surface area contributed by atoms with E-state index in [2.05, 4.69) is 66.0 Å². The Morgan fingerprint density at radius 2 is 2.03 bits per heavy atom. The fraction of sp³-hybridized carbons (Fsp3) is 0.522. The van der Waals surface area contributed by atoms with Gasteiger partial charge in [-0.25, -0.2) is 4.98 Å². The summed E-state index contributed by atoms with van der Waals surface area (Å²) in [6, 6.07) is 4.74. The van der Waals surface area contributed by atoms with Crippen LogP contribution in [0.25, 0.3) is 22.2 Å². The molecule has 30 heavy (non-hydrogen) atoms. The van der Waals surface area contributed by atoms with Gasteiger partial charge in [0.15, 0.2) is 0 Å². The number of imidazole rings is 1. The predicted octanol–water partition coefficient (Wildman–Crippen LogP) is 3.89. The third-order valence-electron chi connectivity index (χ3n) is 6.16. The second kappa shape index (κ2) is 6.86. The first-order chi connectivity index (χ1) is 14.3. The lowest BCUT2D eigenvalue weighted by Gasteiger charge is -2.21. The Hall–Kier alpha value is -2.83. The van der Waals surface area contributed by atoms with E-state index in [1.165, 1.54) is 12.8 Å². The number of fused-ring (bicyclic) bond motifs is 1. The molecule has 158 valence electrons. The molecule has 3 aromatic rings. The number of benzene rings is 1. The number of amides is 1. The van der Waals surface area contributed by atoms with Crippen molar-refractivity contribution in [2.45, 2.75) is 64.6 Å². The molecular weight excluding hydrogens is 378 g/mol. The van der Waals surface area contributed by atoms with E-state index in [9.17, 15) is 4.79 Å².